The molecule has 11 heavy (non-hydrogen) atoms. The Morgan fingerprint density at radius 3 is 1.73 bits per heavy atom. The molecule has 0 saturated heterocycles. The molecule has 0 aliphatic carbocycles. The van der Waals surface area contributed by atoms with Crippen LogP contribution in [-0.4, -0.2) is 19.6 Å². The molecule has 0 unspecified atom stereocenters. The minimum Gasteiger partial charge on any atom is -0.496 e. The fourth-order valence-corrected chi connectivity index (χ4v) is 0.215. The van der Waals surface area contributed by atoms with Crippen LogP contribution in [0.15, 0.2) is 25.3 Å². The first-order valence-electron chi connectivity index (χ1n) is 2.68. The van der Waals surface area contributed by atoms with Gasteiger partial charge in [-0.15, -0.1) is 0 Å². The maximum atomic E-state index is 10.3. The third-order valence-electron chi connectivity index (χ3n) is 0.662. The molecule has 0 rings (SSSR count). The van der Waals surface area contributed by atoms with Crippen LogP contribution in [0, 0.1) is 0 Å². The van der Waals surface area contributed by atoms with E-state index in [2.05, 4.69) is 22.5 Å². The second-order valence-corrected chi connectivity index (χ2v) is 1.38. The monoisotopic (exact) mass is 153 g/mol. The van der Waals surface area contributed by atoms with E-state index in [0.29, 0.717) is 7.69 Å². The SMILES string of the molecule is C=CC(=O)O[B]OC(=O)C=C. The molecule has 0 bridgehead atoms. The molecule has 0 aromatic carbocycles. The summed E-state index contributed by atoms with van der Waals surface area (Å²) in [5.74, 6) is -1.39. The zero-order chi connectivity index (χ0) is 8.69. The first-order chi connectivity index (χ1) is 5.20. The molecule has 0 atom stereocenters. The fraction of sp³-hybridized carbons (Fsp3) is 0. The van der Waals surface area contributed by atoms with E-state index in [9.17, 15) is 9.59 Å². The summed E-state index contributed by atoms with van der Waals surface area (Å²) in [6.45, 7) is 6.25. The van der Waals surface area contributed by atoms with E-state index >= 15 is 0 Å². The molecule has 5 heteroatoms. The van der Waals surface area contributed by atoms with Crippen molar-refractivity contribution in [3.8, 4) is 0 Å². The number of carbonyl (C=O) groups is 2. The molecule has 1 radical (unpaired) electrons. The summed E-state index contributed by atoms with van der Waals surface area (Å²) in [5.41, 5.74) is 0. The van der Waals surface area contributed by atoms with E-state index in [4.69, 9.17) is 0 Å². The topological polar surface area (TPSA) is 52.6 Å². The number of hydrogen-bond donors (Lipinski definition) is 0. The summed E-state index contributed by atoms with van der Waals surface area (Å²) in [5, 5.41) is 0. The van der Waals surface area contributed by atoms with Crippen LogP contribution < -0.4 is 0 Å². The van der Waals surface area contributed by atoms with Crippen LogP contribution in [0.4, 0.5) is 0 Å². The first-order valence-corrected chi connectivity index (χ1v) is 2.68. The highest BCUT2D eigenvalue weighted by atomic mass is 16.6. The smallest absolute Gasteiger partial charge is 0.496 e. The zero-order valence-corrected chi connectivity index (χ0v) is 5.78. The molecule has 0 aliphatic rings. The van der Waals surface area contributed by atoms with Crippen molar-refractivity contribution in [3.05, 3.63) is 25.3 Å². The molecular formula is C6H6BO4. The van der Waals surface area contributed by atoms with Gasteiger partial charge in [-0.3, -0.25) is 0 Å². The van der Waals surface area contributed by atoms with Crippen molar-refractivity contribution in [2.45, 2.75) is 0 Å². The van der Waals surface area contributed by atoms with Gasteiger partial charge in [-0.25, -0.2) is 9.59 Å². The third-order valence-corrected chi connectivity index (χ3v) is 0.662. The lowest BCUT2D eigenvalue weighted by molar-refractivity contribution is -0.133. The predicted molar refractivity (Wildman–Crippen MR) is 38.3 cm³/mol. The van der Waals surface area contributed by atoms with Crippen LogP contribution in [0.5, 0.6) is 0 Å². The van der Waals surface area contributed by atoms with Gasteiger partial charge in [0.15, 0.2) is 0 Å². The highest BCUT2D eigenvalue weighted by Gasteiger charge is 2.04. The number of hydrogen-bond acceptors (Lipinski definition) is 4. The number of rotatable bonds is 4. The molecule has 0 saturated carbocycles. The van der Waals surface area contributed by atoms with E-state index in [-0.39, 0.29) is 0 Å². The highest BCUT2D eigenvalue weighted by molar-refractivity contribution is 6.27. The van der Waals surface area contributed by atoms with E-state index in [0.717, 1.165) is 12.2 Å². The summed E-state index contributed by atoms with van der Waals surface area (Å²) >= 11 is 0. The van der Waals surface area contributed by atoms with Crippen molar-refractivity contribution in [1.29, 1.82) is 0 Å². The molecule has 0 fully saturated rings. The van der Waals surface area contributed by atoms with E-state index in [1.165, 1.54) is 0 Å². The van der Waals surface area contributed by atoms with Crippen LogP contribution in [0.2, 0.25) is 0 Å². The van der Waals surface area contributed by atoms with E-state index < -0.39 is 11.9 Å². The Balaban J connectivity index is 3.41. The maximum Gasteiger partial charge on any atom is 0.662 e. The van der Waals surface area contributed by atoms with Gasteiger partial charge < -0.3 is 9.31 Å². The normalized spacial score (nSPS) is 7.64. The lowest BCUT2D eigenvalue weighted by atomic mass is 10.4. The van der Waals surface area contributed by atoms with Crippen molar-refractivity contribution >= 4 is 19.6 Å². The third kappa shape index (κ3) is 4.96. The van der Waals surface area contributed by atoms with Crippen LogP contribution in [0.1, 0.15) is 0 Å². The first kappa shape index (κ1) is 9.48. The van der Waals surface area contributed by atoms with Crippen molar-refractivity contribution in [3.63, 3.8) is 0 Å². The van der Waals surface area contributed by atoms with Gasteiger partial charge in [-0.1, -0.05) is 13.2 Å². The standard InChI is InChI=1S/C6H6BO4/c1-3-5(8)10-7-11-6(9)4-2/h3-4H,1-2H2. The maximum absolute atomic E-state index is 10.3. The molecule has 4 nitrogen and oxygen atoms in total. The minimum atomic E-state index is -0.693. The Labute approximate surface area is 64.8 Å². The Morgan fingerprint density at radius 1 is 1.09 bits per heavy atom. The molecule has 0 heterocycles. The van der Waals surface area contributed by atoms with Gasteiger partial charge in [0, 0.05) is 12.2 Å². The largest absolute Gasteiger partial charge is 0.662 e. The van der Waals surface area contributed by atoms with Gasteiger partial charge in [0.05, 0.1) is 0 Å². The summed E-state index contributed by atoms with van der Waals surface area (Å²) in [6, 6.07) is 0. The summed E-state index contributed by atoms with van der Waals surface area (Å²) in [7, 11) is 0.619. The zero-order valence-electron chi connectivity index (χ0n) is 5.78. The van der Waals surface area contributed by atoms with Crippen molar-refractivity contribution in [2.75, 3.05) is 0 Å². The number of carbonyl (C=O) groups excluding carboxylic acids is 2. The van der Waals surface area contributed by atoms with Gasteiger partial charge in [-0.05, 0) is 0 Å². The lowest BCUT2D eigenvalue weighted by Gasteiger charge is -1.97. The Morgan fingerprint density at radius 2 is 1.45 bits per heavy atom. The van der Waals surface area contributed by atoms with Gasteiger partial charge >= 0.3 is 19.6 Å². The molecule has 0 N–H and O–H groups in total. The molecule has 0 spiro atoms. The van der Waals surface area contributed by atoms with E-state index in [1.54, 1.807) is 0 Å². The van der Waals surface area contributed by atoms with Crippen LogP contribution >= 0.6 is 0 Å². The highest BCUT2D eigenvalue weighted by Crippen LogP contribution is 1.80. The quantitative estimate of drug-likeness (QED) is 0.420. The average Bonchev–Trinajstić information content (AvgIpc) is 2.04. The van der Waals surface area contributed by atoms with Gasteiger partial charge in [0.2, 0.25) is 0 Å². The summed E-state index contributed by atoms with van der Waals surface area (Å²) in [6.07, 6.45) is 1.89. The molecular weight excluding hydrogens is 147 g/mol. The molecule has 57 valence electrons. The fourth-order valence-electron chi connectivity index (χ4n) is 0.215. The Bertz CT molecular complexity index is 167. The molecule has 0 aromatic heterocycles. The van der Waals surface area contributed by atoms with Crippen LogP contribution in [0.3, 0.4) is 0 Å². The Kier molecular flexibility index (Phi) is 4.56. The van der Waals surface area contributed by atoms with Crippen molar-refractivity contribution in [2.24, 2.45) is 0 Å². The minimum absolute atomic E-state index is 0.619. The molecule has 0 aromatic rings. The van der Waals surface area contributed by atoms with Gasteiger partial charge in [0.1, 0.15) is 0 Å². The summed E-state index contributed by atoms with van der Waals surface area (Å²) in [4.78, 5) is 20.6. The predicted octanol–water partition coefficient (Wildman–Crippen LogP) is -0.0210. The molecule has 0 aliphatic heterocycles. The van der Waals surface area contributed by atoms with Crippen LogP contribution in [-0.2, 0) is 18.9 Å². The van der Waals surface area contributed by atoms with Gasteiger partial charge in [0.25, 0.3) is 0 Å². The summed E-state index contributed by atoms with van der Waals surface area (Å²) < 4.78 is 8.38. The van der Waals surface area contributed by atoms with Crippen molar-refractivity contribution < 1.29 is 18.9 Å². The van der Waals surface area contributed by atoms with E-state index in [1.807, 2.05) is 0 Å². The molecule has 0 amide bonds. The van der Waals surface area contributed by atoms with Gasteiger partial charge in [-0.2, -0.15) is 0 Å². The second kappa shape index (κ2) is 5.28. The van der Waals surface area contributed by atoms with Crippen molar-refractivity contribution in [1.82, 2.24) is 0 Å². The Hall–Kier alpha value is -1.52. The van der Waals surface area contributed by atoms with Crippen LogP contribution in [0.25, 0.3) is 0 Å². The lowest BCUT2D eigenvalue weighted by Crippen LogP contribution is -2.12. The average molecular weight is 153 g/mol. The second-order valence-electron chi connectivity index (χ2n) is 1.38.